The van der Waals surface area contributed by atoms with Crippen molar-refractivity contribution in [3.8, 4) is 6.07 Å². The lowest BCUT2D eigenvalue weighted by Crippen LogP contribution is -2.29. The summed E-state index contributed by atoms with van der Waals surface area (Å²) in [7, 11) is 0. The molecule has 0 aromatic carbocycles. The van der Waals surface area contributed by atoms with Crippen molar-refractivity contribution in [3.63, 3.8) is 0 Å². The number of carboxylic acids is 1. The van der Waals surface area contributed by atoms with Crippen molar-refractivity contribution in [2.75, 3.05) is 5.32 Å². The average Bonchev–Trinajstić information content (AvgIpc) is 2.28. The lowest BCUT2D eigenvalue weighted by molar-refractivity contribution is -0.137. The molecule has 0 aliphatic carbocycles. The molecule has 16 heavy (non-hydrogen) atoms. The minimum Gasteiger partial charge on any atom is -0.480 e. The van der Waals surface area contributed by atoms with Gasteiger partial charge in [-0.25, -0.2) is 14.8 Å². The maximum absolute atomic E-state index is 10.8. The summed E-state index contributed by atoms with van der Waals surface area (Å²) in [6.07, 6.45) is 3.12. The molecule has 0 fully saturated rings. The Hall–Kier alpha value is -2.42. The second-order valence-corrected chi connectivity index (χ2v) is 2.94. The first kappa shape index (κ1) is 11.7. The average molecular weight is 218 g/mol. The van der Waals surface area contributed by atoms with Crippen LogP contribution in [0.5, 0.6) is 0 Å². The van der Waals surface area contributed by atoms with Gasteiger partial charge in [-0.2, -0.15) is 5.26 Å². The molecular weight excluding hydrogens is 208 g/mol. The van der Waals surface area contributed by atoms with E-state index in [1.807, 2.05) is 6.07 Å². The van der Waals surface area contributed by atoms with E-state index in [9.17, 15) is 4.79 Å². The Morgan fingerprint density at radius 1 is 1.81 bits per heavy atom. The summed E-state index contributed by atoms with van der Waals surface area (Å²) >= 11 is 0. The van der Waals surface area contributed by atoms with Crippen molar-refractivity contribution < 1.29 is 9.90 Å². The number of hydrogen-bond donors (Lipinski definition) is 2. The van der Waals surface area contributed by atoms with Gasteiger partial charge in [0, 0.05) is 6.20 Å². The lowest BCUT2D eigenvalue weighted by atomic mass is 10.2. The van der Waals surface area contributed by atoms with Gasteiger partial charge in [-0.15, -0.1) is 6.58 Å². The van der Waals surface area contributed by atoms with Crippen LogP contribution in [-0.2, 0) is 4.79 Å². The van der Waals surface area contributed by atoms with Gasteiger partial charge in [0.1, 0.15) is 17.8 Å². The van der Waals surface area contributed by atoms with Gasteiger partial charge in [0.2, 0.25) is 5.95 Å². The van der Waals surface area contributed by atoms with E-state index in [4.69, 9.17) is 10.4 Å². The fourth-order valence-electron chi connectivity index (χ4n) is 1.03. The molecule has 82 valence electrons. The number of aromatic nitrogens is 2. The first-order valence-electron chi connectivity index (χ1n) is 4.50. The van der Waals surface area contributed by atoms with Gasteiger partial charge in [0.05, 0.1) is 0 Å². The molecule has 1 aromatic rings. The smallest absolute Gasteiger partial charge is 0.326 e. The molecule has 0 spiro atoms. The molecule has 0 aliphatic heterocycles. The zero-order valence-corrected chi connectivity index (χ0v) is 8.42. The molecule has 1 aromatic heterocycles. The van der Waals surface area contributed by atoms with Crippen LogP contribution in [0.15, 0.2) is 24.9 Å². The van der Waals surface area contributed by atoms with Gasteiger partial charge in [-0.1, -0.05) is 6.08 Å². The van der Waals surface area contributed by atoms with E-state index in [1.54, 1.807) is 0 Å². The van der Waals surface area contributed by atoms with Crippen LogP contribution in [0, 0.1) is 11.3 Å². The van der Waals surface area contributed by atoms with Crippen molar-refractivity contribution in [1.82, 2.24) is 9.97 Å². The molecule has 0 amide bonds. The van der Waals surface area contributed by atoms with Crippen LogP contribution in [0.25, 0.3) is 0 Å². The molecule has 1 atom stereocenters. The van der Waals surface area contributed by atoms with Crippen molar-refractivity contribution >= 4 is 11.9 Å². The van der Waals surface area contributed by atoms with Crippen LogP contribution in [-0.4, -0.2) is 27.1 Å². The van der Waals surface area contributed by atoms with Crippen LogP contribution in [0.1, 0.15) is 12.1 Å². The monoisotopic (exact) mass is 218 g/mol. The summed E-state index contributed by atoms with van der Waals surface area (Å²) in [5.74, 6) is -0.904. The van der Waals surface area contributed by atoms with Gasteiger partial charge in [-0.05, 0) is 12.5 Å². The van der Waals surface area contributed by atoms with Gasteiger partial charge in [0.15, 0.2) is 0 Å². The Kier molecular flexibility index (Phi) is 3.98. The van der Waals surface area contributed by atoms with Crippen molar-refractivity contribution in [2.24, 2.45) is 0 Å². The number of nitrogens with zero attached hydrogens (tertiary/aromatic N) is 3. The first-order chi connectivity index (χ1) is 7.67. The van der Waals surface area contributed by atoms with E-state index in [2.05, 4.69) is 21.9 Å². The molecule has 0 saturated carbocycles. The molecule has 0 aliphatic rings. The van der Waals surface area contributed by atoms with E-state index >= 15 is 0 Å². The number of anilines is 1. The minimum absolute atomic E-state index is 0.119. The predicted molar refractivity (Wildman–Crippen MR) is 56.6 cm³/mol. The number of aliphatic carboxylic acids is 1. The topological polar surface area (TPSA) is 98.9 Å². The third kappa shape index (κ3) is 3.06. The minimum atomic E-state index is -1.02. The summed E-state index contributed by atoms with van der Waals surface area (Å²) in [5, 5.41) is 20.1. The quantitative estimate of drug-likeness (QED) is 0.709. The third-order valence-corrected chi connectivity index (χ3v) is 1.77. The van der Waals surface area contributed by atoms with Crippen molar-refractivity contribution in [3.05, 3.63) is 30.6 Å². The standard InChI is InChI=1S/C10H10N4O2/c1-2-3-8(9(15)16)14-10-12-5-4-7(6-11)13-10/h2,4-5,8H,1,3H2,(H,15,16)(H,12,13,14). The van der Waals surface area contributed by atoms with Crippen LogP contribution >= 0.6 is 0 Å². The first-order valence-corrected chi connectivity index (χ1v) is 4.50. The maximum atomic E-state index is 10.8. The van der Waals surface area contributed by atoms with Crippen LogP contribution in [0.4, 0.5) is 5.95 Å². The largest absolute Gasteiger partial charge is 0.480 e. The Balaban J connectivity index is 2.81. The van der Waals surface area contributed by atoms with Gasteiger partial charge >= 0.3 is 5.97 Å². The highest BCUT2D eigenvalue weighted by atomic mass is 16.4. The molecule has 1 unspecified atom stereocenters. The van der Waals surface area contributed by atoms with Gasteiger partial charge in [0.25, 0.3) is 0 Å². The molecule has 0 saturated heterocycles. The van der Waals surface area contributed by atoms with E-state index in [0.717, 1.165) is 0 Å². The summed E-state index contributed by atoms with van der Waals surface area (Å²) in [5.41, 5.74) is 0.181. The van der Waals surface area contributed by atoms with E-state index in [1.165, 1.54) is 18.3 Å². The third-order valence-electron chi connectivity index (χ3n) is 1.77. The fraction of sp³-hybridized carbons (Fsp3) is 0.200. The van der Waals surface area contributed by atoms with E-state index in [0.29, 0.717) is 0 Å². The highest BCUT2D eigenvalue weighted by molar-refractivity contribution is 5.76. The molecular formula is C10H10N4O2. The summed E-state index contributed by atoms with van der Waals surface area (Å²) in [6, 6.07) is 2.44. The molecule has 6 heteroatoms. The second-order valence-electron chi connectivity index (χ2n) is 2.94. The number of nitrogens with one attached hydrogen (secondary N) is 1. The zero-order chi connectivity index (χ0) is 12.0. The number of carboxylic acid groups (broad SMARTS) is 1. The van der Waals surface area contributed by atoms with Crippen molar-refractivity contribution in [2.45, 2.75) is 12.5 Å². The Labute approximate surface area is 92.3 Å². The highest BCUT2D eigenvalue weighted by Gasteiger charge is 2.16. The Bertz CT molecular complexity index is 439. The molecule has 6 nitrogen and oxygen atoms in total. The van der Waals surface area contributed by atoms with Crippen LogP contribution < -0.4 is 5.32 Å². The predicted octanol–water partition coefficient (Wildman–Crippen LogP) is 0.789. The van der Waals surface area contributed by atoms with Gasteiger partial charge < -0.3 is 10.4 Å². The maximum Gasteiger partial charge on any atom is 0.326 e. The fourth-order valence-corrected chi connectivity index (χ4v) is 1.03. The highest BCUT2D eigenvalue weighted by Crippen LogP contribution is 2.04. The number of rotatable bonds is 5. The van der Waals surface area contributed by atoms with Crippen LogP contribution in [0.3, 0.4) is 0 Å². The van der Waals surface area contributed by atoms with E-state index in [-0.39, 0.29) is 18.1 Å². The molecule has 1 rings (SSSR count). The lowest BCUT2D eigenvalue weighted by Gasteiger charge is -2.11. The summed E-state index contributed by atoms with van der Waals surface area (Å²) in [6.45, 7) is 3.46. The number of carbonyl (C=O) groups is 1. The Morgan fingerprint density at radius 2 is 2.56 bits per heavy atom. The van der Waals surface area contributed by atoms with Gasteiger partial charge in [-0.3, -0.25) is 0 Å². The zero-order valence-electron chi connectivity index (χ0n) is 8.42. The van der Waals surface area contributed by atoms with E-state index < -0.39 is 12.0 Å². The molecule has 0 radical (unpaired) electrons. The summed E-state index contributed by atoms with van der Waals surface area (Å²) in [4.78, 5) is 18.5. The molecule has 0 bridgehead atoms. The number of hydrogen-bond acceptors (Lipinski definition) is 5. The Morgan fingerprint density at radius 3 is 3.12 bits per heavy atom. The van der Waals surface area contributed by atoms with Crippen LogP contribution in [0.2, 0.25) is 0 Å². The normalized spacial score (nSPS) is 11.2. The SMILES string of the molecule is C=CCC(Nc1nccc(C#N)n1)C(=O)O. The summed E-state index contributed by atoms with van der Waals surface area (Å²) < 4.78 is 0. The van der Waals surface area contributed by atoms with Crippen molar-refractivity contribution in [1.29, 1.82) is 5.26 Å². The second kappa shape index (κ2) is 5.46. The molecule has 2 N–H and O–H groups in total. The molecule has 1 heterocycles. The number of nitriles is 1.